The largest absolute Gasteiger partial charge is 0.477 e. The molecule has 0 bridgehead atoms. The van der Waals surface area contributed by atoms with Crippen molar-refractivity contribution < 1.29 is 14.3 Å². The zero-order valence-corrected chi connectivity index (χ0v) is 10.8. The van der Waals surface area contributed by atoms with Gasteiger partial charge in [0.05, 0.1) is 10.2 Å². The quantitative estimate of drug-likeness (QED) is 0.864. The lowest BCUT2D eigenvalue weighted by molar-refractivity contribution is 0.0694. The molecule has 1 heterocycles. The molecule has 2 rings (SSSR count). The van der Waals surface area contributed by atoms with Crippen LogP contribution in [0.25, 0.3) is 5.69 Å². The van der Waals surface area contributed by atoms with Crippen molar-refractivity contribution >= 4 is 21.9 Å². The van der Waals surface area contributed by atoms with Crippen LogP contribution in [0, 0.1) is 5.82 Å². The highest BCUT2D eigenvalue weighted by atomic mass is 79.9. The highest BCUT2D eigenvalue weighted by Crippen LogP contribution is 2.18. The van der Waals surface area contributed by atoms with Crippen LogP contribution in [0.15, 0.2) is 38.5 Å². The van der Waals surface area contributed by atoms with E-state index in [0.29, 0.717) is 0 Å². The summed E-state index contributed by atoms with van der Waals surface area (Å²) >= 11 is 2.95. The number of hydrogen-bond acceptors (Lipinski definition) is 3. The van der Waals surface area contributed by atoms with Crippen LogP contribution >= 0.6 is 15.9 Å². The molecule has 1 aromatic carbocycles. The van der Waals surface area contributed by atoms with Crippen LogP contribution in [0.4, 0.5) is 4.39 Å². The third-order valence-electron chi connectivity index (χ3n) is 2.35. The molecule has 2 aromatic rings. The molecule has 0 radical (unpaired) electrons. The molecule has 1 aromatic heterocycles. The molecule has 0 unspecified atom stereocenters. The molecule has 0 amide bonds. The number of carboxylic acid groups (broad SMARTS) is 1. The predicted octanol–water partition coefficient (Wildman–Crippen LogP) is 1.13. The number of aromatic amines is 1. The Morgan fingerprint density at radius 3 is 2.63 bits per heavy atom. The molecule has 0 saturated carbocycles. The lowest BCUT2D eigenvalue weighted by Gasteiger charge is -2.06. The molecule has 6 nitrogen and oxygen atoms in total. The van der Waals surface area contributed by atoms with Gasteiger partial charge in [-0.25, -0.2) is 14.0 Å². The summed E-state index contributed by atoms with van der Waals surface area (Å²) in [5, 5.41) is 8.82. The second kappa shape index (κ2) is 4.81. The number of carboxylic acids is 1. The lowest BCUT2D eigenvalue weighted by Crippen LogP contribution is -2.32. The van der Waals surface area contributed by atoms with Gasteiger partial charge < -0.3 is 5.11 Å². The first-order valence-corrected chi connectivity index (χ1v) is 5.74. The third-order valence-corrected chi connectivity index (χ3v) is 2.96. The number of H-pyrrole nitrogens is 1. The molecule has 0 atom stereocenters. The van der Waals surface area contributed by atoms with E-state index in [2.05, 4.69) is 15.9 Å². The Morgan fingerprint density at radius 1 is 1.37 bits per heavy atom. The first-order chi connectivity index (χ1) is 8.90. The summed E-state index contributed by atoms with van der Waals surface area (Å²) in [6.45, 7) is 0. The number of aromatic nitrogens is 2. The molecule has 2 N–H and O–H groups in total. The number of halogens is 2. The van der Waals surface area contributed by atoms with Gasteiger partial charge in [-0.1, -0.05) is 0 Å². The van der Waals surface area contributed by atoms with E-state index in [9.17, 15) is 18.8 Å². The van der Waals surface area contributed by atoms with Crippen LogP contribution in [0.3, 0.4) is 0 Å². The minimum atomic E-state index is -1.46. The highest BCUT2D eigenvalue weighted by molar-refractivity contribution is 9.10. The summed E-state index contributed by atoms with van der Waals surface area (Å²) in [6, 6.07) is 3.68. The summed E-state index contributed by atoms with van der Waals surface area (Å²) in [7, 11) is 0. The average molecular weight is 329 g/mol. The van der Waals surface area contributed by atoms with Crippen LogP contribution in [0.2, 0.25) is 0 Å². The van der Waals surface area contributed by atoms with Crippen LogP contribution in [-0.4, -0.2) is 20.6 Å². The third kappa shape index (κ3) is 2.48. The molecule has 0 aliphatic heterocycles. The summed E-state index contributed by atoms with van der Waals surface area (Å²) in [5.41, 5.74) is -2.17. The van der Waals surface area contributed by atoms with E-state index in [1.807, 2.05) is 4.98 Å². The van der Waals surface area contributed by atoms with E-state index in [-0.39, 0.29) is 10.2 Å². The Kier molecular flexibility index (Phi) is 3.34. The van der Waals surface area contributed by atoms with E-state index in [0.717, 1.165) is 16.8 Å². The topological polar surface area (TPSA) is 92.2 Å². The van der Waals surface area contributed by atoms with E-state index in [1.54, 1.807) is 0 Å². The molecule has 0 fully saturated rings. The van der Waals surface area contributed by atoms with Gasteiger partial charge in [-0.2, -0.15) is 0 Å². The fourth-order valence-corrected chi connectivity index (χ4v) is 1.82. The molecule has 19 heavy (non-hydrogen) atoms. The van der Waals surface area contributed by atoms with E-state index in [4.69, 9.17) is 5.11 Å². The highest BCUT2D eigenvalue weighted by Gasteiger charge is 2.13. The van der Waals surface area contributed by atoms with E-state index < -0.39 is 28.6 Å². The molecular weight excluding hydrogens is 323 g/mol. The molecule has 8 heteroatoms. The molecular formula is C11H6BrFN2O4. The van der Waals surface area contributed by atoms with Crippen molar-refractivity contribution in [3.05, 3.63) is 61.1 Å². The van der Waals surface area contributed by atoms with E-state index in [1.165, 1.54) is 12.1 Å². The van der Waals surface area contributed by atoms with Crippen molar-refractivity contribution in [1.29, 1.82) is 0 Å². The summed E-state index contributed by atoms with van der Waals surface area (Å²) in [6.07, 6.45) is 0.892. The fraction of sp³-hybridized carbons (Fsp3) is 0. The molecule has 0 saturated heterocycles. The lowest BCUT2D eigenvalue weighted by atomic mass is 10.3. The standard InChI is InChI=1S/C11H6BrFN2O4/c12-7-3-5(1-2-8(7)13)15-4-6(10(17)18)9(16)14-11(15)19/h1-4H,(H,17,18)(H,14,16,19). The summed E-state index contributed by atoms with van der Waals surface area (Å²) < 4.78 is 14.1. The van der Waals surface area contributed by atoms with Gasteiger partial charge in [0.2, 0.25) is 0 Å². The zero-order valence-electron chi connectivity index (χ0n) is 9.18. The number of carbonyl (C=O) groups is 1. The van der Waals surface area contributed by atoms with Crippen molar-refractivity contribution in [2.24, 2.45) is 0 Å². The first-order valence-electron chi connectivity index (χ1n) is 4.95. The first kappa shape index (κ1) is 13.2. The van der Waals surface area contributed by atoms with Crippen LogP contribution in [-0.2, 0) is 0 Å². The predicted molar refractivity (Wildman–Crippen MR) is 67.3 cm³/mol. The van der Waals surface area contributed by atoms with Crippen molar-refractivity contribution in [2.45, 2.75) is 0 Å². The Balaban J connectivity index is 2.71. The van der Waals surface area contributed by atoms with Gasteiger partial charge >= 0.3 is 11.7 Å². The number of benzene rings is 1. The molecule has 0 spiro atoms. The van der Waals surface area contributed by atoms with Crippen LogP contribution in [0.5, 0.6) is 0 Å². The van der Waals surface area contributed by atoms with E-state index >= 15 is 0 Å². The molecule has 0 aliphatic carbocycles. The molecule has 98 valence electrons. The van der Waals surface area contributed by atoms with Gasteiger partial charge in [-0.15, -0.1) is 0 Å². The minimum absolute atomic E-state index is 0.111. The van der Waals surface area contributed by atoms with Crippen molar-refractivity contribution in [2.75, 3.05) is 0 Å². The second-order valence-corrected chi connectivity index (χ2v) is 4.43. The maximum absolute atomic E-state index is 13.1. The Labute approximate surface area is 113 Å². The van der Waals surface area contributed by atoms with Gasteiger partial charge in [-0.3, -0.25) is 14.3 Å². The Hall–Kier alpha value is -2.22. The molecule has 0 aliphatic rings. The monoisotopic (exact) mass is 328 g/mol. The van der Waals surface area contributed by atoms with Crippen molar-refractivity contribution in [1.82, 2.24) is 9.55 Å². The minimum Gasteiger partial charge on any atom is -0.477 e. The maximum Gasteiger partial charge on any atom is 0.342 e. The maximum atomic E-state index is 13.1. The Morgan fingerprint density at radius 2 is 2.05 bits per heavy atom. The average Bonchev–Trinajstić information content (AvgIpc) is 2.32. The van der Waals surface area contributed by atoms with Gasteiger partial charge in [0.25, 0.3) is 5.56 Å². The number of hydrogen-bond donors (Lipinski definition) is 2. The normalized spacial score (nSPS) is 10.4. The van der Waals surface area contributed by atoms with Gasteiger partial charge in [0.15, 0.2) is 0 Å². The fourth-order valence-electron chi connectivity index (χ4n) is 1.45. The van der Waals surface area contributed by atoms with Crippen LogP contribution in [0.1, 0.15) is 10.4 Å². The number of nitrogens with one attached hydrogen (secondary N) is 1. The van der Waals surface area contributed by atoms with Crippen molar-refractivity contribution in [3.63, 3.8) is 0 Å². The number of aromatic carboxylic acids is 1. The van der Waals surface area contributed by atoms with Crippen LogP contribution < -0.4 is 11.2 Å². The Bertz CT molecular complexity index is 781. The zero-order chi connectivity index (χ0) is 14.2. The number of nitrogens with zero attached hydrogens (tertiary/aromatic N) is 1. The smallest absolute Gasteiger partial charge is 0.342 e. The summed E-state index contributed by atoms with van der Waals surface area (Å²) in [4.78, 5) is 35.6. The van der Waals surface area contributed by atoms with Gasteiger partial charge in [-0.05, 0) is 34.1 Å². The summed E-state index contributed by atoms with van der Waals surface area (Å²) in [5.74, 6) is -1.99. The second-order valence-electron chi connectivity index (χ2n) is 3.58. The number of rotatable bonds is 2. The van der Waals surface area contributed by atoms with Gasteiger partial charge in [0, 0.05) is 6.20 Å². The van der Waals surface area contributed by atoms with Gasteiger partial charge in [0.1, 0.15) is 11.4 Å². The SMILES string of the molecule is O=C(O)c1cn(-c2ccc(F)c(Br)c2)c(=O)[nH]c1=O. The van der Waals surface area contributed by atoms with Crippen molar-refractivity contribution in [3.8, 4) is 5.69 Å².